The summed E-state index contributed by atoms with van der Waals surface area (Å²) in [5, 5.41) is 15.8. The lowest BCUT2D eigenvalue weighted by atomic mass is 10.0. The van der Waals surface area contributed by atoms with Gasteiger partial charge in [-0.25, -0.2) is 13.6 Å². The molecule has 1 rings (SSSR count). The lowest BCUT2D eigenvalue weighted by Gasteiger charge is -2.11. The van der Waals surface area contributed by atoms with Crippen molar-refractivity contribution in [1.29, 1.82) is 0 Å². The van der Waals surface area contributed by atoms with Crippen LogP contribution < -0.4 is 5.14 Å². The third-order valence-electron chi connectivity index (χ3n) is 2.07. The van der Waals surface area contributed by atoms with E-state index in [1.54, 1.807) is 11.4 Å². The number of hydrogen-bond donors (Lipinski definition) is 2. The summed E-state index contributed by atoms with van der Waals surface area (Å²) in [6, 6.07) is 1.70. The summed E-state index contributed by atoms with van der Waals surface area (Å²) in [5.74, 6) is -0.144. The van der Waals surface area contributed by atoms with E-state index in [1.165, 1.54) is 0 Å². The fourth-order valence-corrected chi connectivity index (χ4v) is 3.26. The minimum absolute atomic E-state index is 0.0598. The Morgan fingerprint density at radius 2 is 2.29 bits per heavy atom. The van der Waals surface area contributed by atoms with Crippen LogP contribution in [-0.4, -0.2) is 20.1 Å². The number of hydrogen-bond acceptors (Lipinski definition) is 4. The van der Waals surface area contributed by atoms with E-state index in [-0.39, 0.29) is 16.7 Å². The number of thiophene rings is 1. The van der Waals surface area contributed by atoms with E-state index < -0.39 is 10.0 Å². The van der Waals surface area contributed by atoms with Crippen molar-refractivity contribution in [2.24, 2.45) is 5.14 Å². The average Bonchev–Trinajstić information content (AvgIpc) is 2.54. The minimum atomic E-state index is -3.65. The number of aliphatic hydroxyl groups is 1. The van der Waals surface area contributed by atoms with Gasteiger partial charge in [0.15, 0.2) is 0 Å². The van der Waals surface area contributed by atoms with E-state index in [4.69, 9.17) is 10.2 Å². The molecule has 1 aromatic rings. The predicted molar refractivity (Wildman–Crippen MR) is 55.8 cm³/mol. The zero-order valence-corrected chi connectivity index (χ0v) is 9.44. The van der Waals surface area contributed by atoms with Crippen LogP contribution in [0.25, 0.3) is 0 Å². The highest BCUT2D eigenvalue weighted by Crippen LogP contribution is 2.29. The summed E-state index contributed by atoms with van der Waals surface area (Å²) in [4.78, 5) is 0. The van der Waals surface area contributed by atoms with Crippen LogP contribution in [0.2, 0.25) is 0 Å². The van der Waals surface area contributed by atoms with Crippen LogP contribution >= 0.6 is 11.3 Å². The first kappa shape index (κ1) is 11.6. The first-order valence-electron chi connectivity index (χ1n) is 4.21. The van der Waals surface area contributed by atoms with Crippen molar-refractivity contribution < 1.29 is 13.5 Å². The van der Waals surface area contributed by atoms with Crippen molar-refractivity contribution in [1.82, 2.24) is 0 Å². The number of primary sulfonamides is 1. The topological polar surface area (TPSA) is 80.4 Å². The Bertz CT molecular complexity index is 392. The summed E-state index contributed by atoms with van der Waals surface area (Å²) >= 11 is 1.09. The van der Waals surface area contributed by atoms with Gasteiger partial charge >= 0.3 is 0 Å². The maximum Gasteiger partial charge on any atom is 0.247 e. The predicted octanol–water partition coefficient (Wildman–Crippen LogP) is 0.881. The molecular formula is C8H13NO3S2. The monoisotopic (exact) mass is 235 g/mol. The Morgan fingerprint density at radius 1 is 1.64 bits per heavy atom. The van der Waals surface area contributed by atoms with Crippen LogP contribution in [0.3, 0.4) is 0 Å². The number of rotatable bonds is 4. The van der Waals surface area contributed by atoms with Crippen LogP contribution in [0.4, 0.5) is 0 Å². The van der Waals surface area contributed by atoms with E-state index in [1.807, 2.05) is 6.92 Å². The first-order valence-corrected chi connectivity index (χ1v) is 6.64. The second-order valence-corrected chi connectivity index (χ2v) is 5.67. The molecule has 80 valence electrons. The molecule has 0 radical (unpaired) electrons. The Hall–Kier alpha value is -0.430. The van der Waals surface area contributed by atoms with Gasteiger partial charge < -0.3 is 5.11 Å². The summed E-state index contributed by atoms with van der Waals surface area (Å²) in [6.45, 7) is 1.83. The lowest BCUT2D eigenvalue weighted by Crippen LogP contribution is -2.14. The zero-order valence-electron chi connectivity index (χ0n) is 7.80. The van der Waals surface area contributed by atoms with Crippen LogP contribution in [0, 0.1) is 0 Å². The third kappa shape index (κ3) is 2.33. The van der Waals surface area contributed by atoms with Gasteiger partial charge in [0.05, 0.1) is 0 Å². The molecule has 0 fully saturated rings. The fraction of sp³-hybridized carbons (Fsp3) is 0.500. The van der Waals surface area contributed by atoms with Crippen molar-refractivity contribution in [2.45, 2.75) is 23.5 Å². The molecule has 0 aliphatic rings. The zero-order chi connectivity index (χ0) is 10.8. The summed E-state index contributed by atoms with van der Waals surface area (Å²) in [6.07, 6.45) is 0.690. The quantitative estimate of drug-likeness (QED) is 0.813. The van der Waals surface area contributed by atoms with Crippen LogP contribution in [0.15, 0.2) is 15.7 Å². The van der Waals surface area contributed by atoms with Crippen LogP contribution in [0.5, 0.6) is 0 Å². The SMILES string of the molecule is CC[C@H](CO)c1ccsc1S(N)(=O)=O. The average molecular weight is 235 g/mol. The van der Waals surface area contributed by atoms with Crippen molar-refractivity contribution in [3.63, 3.8) is 0 Å². The minimum Gasteiger partial charge on any atom is -0.396 e. The molecule has 3 N–H and O–H groups in total. The van der Waals surface area contributed by atoms with Crippen molar-refractivity contribution in [2.75, 3.05) is 6.61 Å². The van der Waals surface area contributed by atoms with Crippen molar-refractivity contribution in [3.8, 4) is 0 Å². The molecule has 4 nitrogen and oxygen atoms in total. The molecule has 0 aromatic carbocycles. The van der Waals surface area contributed by atoms with Gasteiger partial charge in [-0.15, -0.1) is 11.3 Å². The van der Waals surface area contributed by atoms with Gasteiger partial charge in [0.1, 0.15) is 4.21 Å². The van der Waals surface area contributed by atoms with E-state index >= 15 is 0 Å². The highest BCUT2D eigenvalue weighted by molar-refractivity contribution is 7.91. The van der Waals surface area contributed by atoms with Crippen molar-refractivity contribution >= 4 is 21.4 Å². The molecule has 1 heterocycles. The number of nitrogens with two attached hydrogens (primary N) is 1. The standard InChI is InChI=1S/C8H13NO3S2/c1-2-6(5-10)7-3-4-13-8(7)14(9,11)12/h3-4,6,10H,2,5H2,1H3,(H2,9,11,12)/t6-/m1/s1. The van der Waals surface area contributed by atoms with Gasteiger partial charge in [-0.1, -0.05) is 6.92 Å². The smallest absolute Gasteiger partial charge is 0.247 e. The molecule has 0 bridgehead atoms. The second-order valence-electron chi connectivity index (χ2n) is 3.00. The molecular weight excluding hydrogens is 222 g/mol. The number of aliphatic hydroxyl groups excluding tert-OH is 1. The van der Waals surface area contributed by atoms with Gasteiger partial charge in [0, 0.05) is 12.5 Å². The molecule has 14 heavy (non-hydrogen) atoms. The Morgan fingerprint density at radius 3 is 2.71 bits per heavy atom. The molecule has 6 heteroatoms. The molecule has 1 atom stereocenters. The molecule has 1 aromatic heterocycles. The molecule has 0 saturated carbocycles. The molecule has 0 aliphatic carbocycles. The molecule has 0 amide bonds. The van der Waals surface area contributed by atoms with Crippen molar-refractivity contribution in [3.05, 3.63) is 17.0 Å². The molecule has 0 unspecified atom stereocenters. The maximum atomic E-state index is 11.2. The first-order chi connectivity index (χ1) is 6.50. The van der Waals surface area contributed by atoms with Crippen LogP contribution in [-0.2, 0) is 10.0 Å². The second kappa shape index (κ2) is 4.39. The Balaban J connectivity index is 3.16. The van der Waals surface area contributed by atoms with Gasteiger partial charge in [-0.2, -0.15) is 0 Å². The van der Waals surface area contributed by atoms with Gasteiger partial charge in [-0.3, -0.25) is 0 Å². The largest absolute Gasteiger partial charge is 0.396 e. The van der Waals surface area contributed by atoms with Crippen LogP contribution in [0.1, 0.15) is 24.8 Å². The summed E-state index contributed by atoms with van der Waals surface area (Å²) in [7, 11) is -3.65. The molecule has 0 aliphatic heterocycles. The van der Waals surface area contributed by atoms with E-state index in [9.17, 15) is 8.42 Å². The molecule has 0 spiro atoms. The molecule has 0 saturated heterocycles. The highest BCUT2D eigenvalue weighted by atomic mass is 32.2. The van der Waals surface area contributed by atoms with Gasteiger partial charge in [-0.05, 0) is 23.4 Å². The Labute approximate surface area is 87.4 Å². The number of sulfonamides is 1. The Kier molecular flexibility index (Phi) is 3.65. The normalized spacial score (nSPS) is 14.2. The van der Waals surface area contributed by atoms with E-state index in [0.717, 1.165) is 11.3 Å². The van der Waals surface area contributed by atoms with Gasteiger partial charge in [0.2, 0.25) is 10.0 Å². The van der Waals surface area contributed by atoms with E-state index in [2.05, 4.69) is 0 Å². The lowest BCUT2D eigenvalue weighted by molar-refractivity contribution is 0.261. The summed E-state index contributed by atoms with van der Waals surface area (Å²) in [5.41, 5.74) is 0.627. The third-order valence-corrected chi connectivity index (χ3v) is 4.53. The summed E-state index contributed by atoms with van der Waals surface area (Å²) < 4.78 is 22.5. The highest BCUT2D eigenvalue weighted by Gasteiger charge is 2.20. The fourth-order valence-electron chi connectivity index (χ4n) is 1.29. The maximum absolute atomic E-state index is 11.2. The van der Waals surface area contributed by atoms with Gasteiger partial charge in [0.25, 0.3) is 0 Å². The van der Waals surface area contributed by atoms with E-state index in [0.29, 0.717) is 12.0 Å².